The highest BCUT2D eigenvalue weighted by Gasteiger charge is 2.52. The van der Waals surface area contributed by atoms with Crippen LogP contribution in [0.5, 0.6) is 5.75 Å². The van der Waals surface area contributed by atoms with E-state index in [1.807, 2.05) is 30.3 Å². The van der Waals surface area contributed by atoms with Crippen LogP contribution in [-0.4, -0.2) is 17.2 Å². The molecular weight excluding hydrogens is 336 g/mol. The number of nitrogens with one attached hydrogen (secondary N) is 1. The summed E-state index contributed by atoms with van der Waals surface area (Å²) in [5.41, 5.74) is 3.26. The molecule has 0 aromatic heterocycles. The third-order valence-corrected chi connectivity index (χ3v) is 7.14. The van der Waals surface area contributed by atoms with Gasteiger partial charge in [0.05, 0.1) is 11.6 Å². The van der Waals surface area contributed by atoms with Crippen LogP contribution in [0.2, 0.25) is 0 Å². The van der Waals surface area contributed by atoms with Crippen LogP contribution >= 0.6 is 0 Å². The lowest BCUT2D eigenvalue weighted by Crippen LogP contribution is -2.47. The average Bonchev–Trinajstić information content (AvgIpc) is 2.89. The maximum absolute atomic E-state index is 13.1. The number of benzene rings is 2. The molecule has 140 valence electrons. The molecule has 0 aliphatic heterocycles. The minimum atomic E-state index is -0.217. The first-order valence-corrected chi connectivity index (χ1v) is 10.2. The van der Waals surface area contributed by atoms with E-state index < -0.39 is 0 Å². The van der Waals surface area contributed by atoms with Crippen molar-refractivity contribution in [1.29, 1.82) is 0 Å². The van der Waals surface area contributed by atoms with E-state index in [2.05, 4.69) is 10.5 Å². The molecule has 4 saturated carbocycles. The SMILES string of the molecule is O=C(N/N=C\c1c(O)ccc2ccccc12)C12CC3C[C@H](CC[C@@H](C3)C1)C2. The Morgan fingerprint density at radius 2 is 1.74 bits per heavy atom. The molecule has 4 nitrogen and oxygen atoms in total. The maximum Gasteiger partial charge on any atom is 0.246 e. The van der Waals surface area contributed by atoms with E-state index in [0.29, 0.717) is 17.4 Å². The van der Waals surface area contributed by atoms with Crippen molar-refractivity contribution in [2.45, 2.75) is 44.9 Å². The normalized spacial score (nSPS) is 32.1. The zero-order valence-corrected chi connectivity index (χ0v) is 15.5. The first-order chi connectivity index (χ1) is 13.1. The molecule has 0 spiro atoms. The number of carbonyl (C=O) groups is 1. The Kier molecular flexibility index (Phi) is 3.96. The maximum atomic E-state index is 13.1. The lowest BCUT2D eigenvalue weighted by atomic mass is 9.58. The lowest BCUT2D eigenvalue weighted by molar-refractivity contribution is -0.138. The minimum Gasteiger partial charge on any atom is -0.507 e. The Morgan fingerprint density at radius 1 is 1.04 bits per heavy atom. The summed E-state index contributed by atoms with van der Waals surface area (Å²) in [6.45, 7) is 0. The highest BCUT2D eigenvalue weighted by molar-refractivity contribution is 6.02. The Bertz CT molecular complexity index is 904. The standard InChI is InChI=1S/C23H26N2O2/c26-21-8-7-18-3-1-2-4-19(18)20(21)14-24-25-22(27)23-11-15-5-6-16(12-23)10-17(9-15)13-23/h1-4,7-8,14-17,26H,5-6,9-13H2,(H,25,27)/b24-14-/t15-,16-,17?,23?/m0/s1. The molecule has 4 aliphatic carbocycles. The van der Waals surface area contributed by atoms with Crippen LogP contribution in [0.4, 0.5) is 0 Å². The lowest BCUT2D eigenvalue weighted by Gasteiger charge is -2.46. The van der Waals surface area contributed by atoms with Gasteiger partial charge in [0.15, 0.2) is 0 Å². The fourth-order valence-corrected chi connectivity index (χ4v) is 6.16. The number of hydrogen-bond acceptors (Lipinski definition) is 3. The Balaban J connectivity index is 1.38. The fourth-order valence-electron chi connectivity index (χ4n) is 6.16. The summed E-state index contributed by atoms with van der Waals surface area (Å²) < 4.78 is 0. The van der Waals surface area contributed by atoms with Crippen molar-refractivity contribution in [3.63, 3.8) is 0 Å². The summed E-state index contributed by atoms with van der Waals surface area (Å²) in [6.07, 6.45) is 9.90. The smallest absolute Gasteiger partial charge is 0.246 e. The summed E-state index contributed by atoms with van der Waals surface area (Å²) in [4.78, 5) is 13.1. The van der Waals surface area contributed by atoms with Crippen LogP contribution < -0.4 is 5.43 Å². The second-order valence-corrected chi connectivity index (χ2v) is 8.96. The molecule has 0 radical (unpaired) electrons. The number of fused-ring (bicyclic) bond motifs is 2. The zero-order chi connectivity index (χ0) is 18.4. The third kappa shape index (κ3) is 2.91. The van der Waals surface area contributed by atoms with Crippen LogP contribution in [0.25, 0.3) is 10.8 Å². The predicted molar refractivity (Wildman–Crippen MR) is 107 cm³/mol. The van der Waals surface area contributed by atoms with E-state index in [1.165, 1.54) is 25.7 Å². The molecule has 27 heavy (non-hydrogen) atoms. The number of hydrazone groups is 1. The van der Waals surface area contributed by atoms with E-state index in [9.17, 15) is 9.90 Å². The molecule has 4 bridgehead atoms. The molecule has 2 atom stereocenters. The minimum absolute atomic E-state index is 0.0831. The first kappa shape index (κ1) is 16.8. The fraction of sp³-hybridized carbons (Fsp3) is 0.478. The summed E-state index contributed by atoms with van der Waals surface area (Å²) in [5, 5.41) is 16.5. The van der Waals surface area contributed by atoms with Gasteiger partial charge in [-0.2, -0.15) is 5.10 Å². The Morgan fingerprint density at radius 3 is 2.52 bits per heavy atom. The van der Waals surface area contributed by atoms with Crippen molar-refractivity contribution in [1.82, 2.24) is 5.43 Å². The zero-order valence-electron chi connectivity index (χ0n) is 15.5. The van der Waals surface area contributed by atoms with Gasteiger partial charge >= 0.3 is 0 Å². The van der Waals surface area contributed by atoms with Crippen LogP contribution in [0, 0.1) is 23.2 Å². The molecule has 0 unspecified atom stereocenters. The molecular formula is C23H26N2O2. The van der Waals surface area contributed by atoms with E-state index in [4.69, 9.17) is 0 Å². The van der Waals surface area contributed by atoms with E-state index >= 15 is 0 Å². The number of carbonyl (C=O) groups excluding carboxylic acids is 1. The Labute approximate surface area is 159 Å². The monoisotopic (exact) mass is 362 g/mol. The van der Waals surface area contributed by atoms with Gasteiger partial charge in [-0.3, -0.25) is 4.79 Å². The van der Waals surface area contributed by atoms with Gasteiger partial charge < -0.3 is 5.11 Å². The quantitative estimate of drug-likeness (QED) is 0.619. The number of aromatic hydroxyl groups is 1. The van der Waals surface area contributed by atoms with Gasteiger partial charge in [-0.25, -0.2) is 5.43 Å². The van der Waals surface area contributed by atoms with Crippen LogP contribution in [0.1, 0.15) is 50.5 Å². The molecule has 2 aromatic rings. The largest absolute Gasteiger partial charge is 0.507 e. The van der Waals surface area contributed by atoms with Gasteiger partial charge in [0.2, 0.25) is 5.91 Å². The summed E-state index contributed by atoms with van der Waals surface area (Å²) in [5.74, 6) is 2.42. The molecule has 6 rings (SSSR count). The summed E-state index contributed by atoms with van der Waals surface area (Å²) in [6, 6.07) is 11.4. The van der Waals surface area contributed by atoms with Gasteiger partial charge in [0.1, 0.15) is 5.75 Å². The number of phenolic OH excluding ortho intramolecular Hbond substituents is 1. The molecule has 2 aromatic carbocycles. The predicted octanol–water partition coefficient (Wildman–Crippen LogP) is 4.60. The molecule has 4 aliphatic rings. The highest BCUT2D eigenvalue weighted by Crippen LogP contribution is 2.57. The van der Waals surface area contributed by atoms with E-state index in [0.717, 1.165) is 36.0 Å². The van der Waals surface area contributed by atoms with Crippen molar-refractivity contribution >= 4 is 22.9 Å². The molecule has 0 heterocycles. The molecule has 4 fully saturated rings. The second-order valence-electron chi connectivity index (χ2n) is 8.96. The van der Waals surface area contributed by atoms with Crippen molar-refractivity contribution < 1.29 is 9.90 Å². The summed E-state index contributed by atoms with van der Waals surface area (Å²) in [7, 11) is 0. The number of nitrogens with zero attached hydrogens (tertiary/aromatic N) is 1. The summed E-state index contributed by atoms with van der Waals surface area (Å²) >= 11 is 0. The van der Waals surface area contributed by atoms with Gasteiger partial charge in [-0.15, -0.1) is 0 Å². The van der Waals surface area contributed by atoms with Gasteiger partial charge in [-0.05, 0) is 66.7 Å². The first-order valence-electron chi connectivity index (χ1n) is 10.2. The number of amides is 1. The van der Waals surface area contributed by atoms with Gasteiger partial charge in [0.25, 0.3) is 0 Å². The number of hydrogen-bond donors (Lipinski definition) is 2. The van der Waals surface area contributed by atoms with Crippen LogP contribution in [0.15, 0.2) is 41.5 Å². The van der Waals surface area contributed by atoms with Crippen molar-refractivity contribution in [2.75, 3.05) is 0 Å². The topological polar surface area (TPSA) is 61.7 Å². The molecule has 0 saturated heterocycles. The number of phenols is 1. The number of rotatable bonds is 3. The van der Waals surface area contributed by atoms with Crippen molar-refractivity contribution in [3.8, 4) is 5.75 Å². The average molecular weight is 362 g/mol. The molecule has 4 heteroatoms. The van der Waals surface area contributed by atoms with E-state index in [1.54, 1.807) is 12.3 Å². The van der Waals surface area contributed by atoms with E-state index in [-0.39, 0.29) is 17.1 Å². The van der Waals surface area contributed by atoms with Crippen LogP contribution in [0.3, 0.4) is 0 Å². The van der Waals surface area contributed by atoms with Gasteiger partial charge in [0, 0.05) is 5.56 Å². The second kappa shape index (κ2) is 6.36. The van der Waals surface area contributed by atoms with Crippen LogP contribution in [-0.2, 0) is 4.79 Å². The molecule has 2 N–H and O–H groups in total. The Hall–Kier alpha value is -2.36. The molecule has 1 amide bonds. The third-order valence-electron chi connectivity index (χ3n) is 7.14. The van der Waals surface area contributed by atoms with Crippen molar-refractivity contribution in [3.05, 3.63) is 42.0 Å². The van der Waals surface area contributed by atoms with Crippen molar-refractivity contribution in [2.24, 2.45) is 28.3 Å². The van der Waals surface area contributed by atoms with Gasteiger partial charge in [-0.1, -0.05) is 43.2 Å². The highest BCUT2D eigenvalue weighted by atomic mass is 16.3.